The Morgan fingerprint density at radius 2 is 2.20 bits per heavy atom. The van der Waals surface area contributed by atoms with Crippen LogP contribution >= 0.6 is 11.8 Å². The van der Waals surface area contributed by atoms with E-state index >= 15 is 0 Å². The van der Waals surface area contributed by atoms with Crippen LogP contribution in [0.4, 0.5) is 0 Å². The third-order valence-corrected chi connectivity index (χ3v) is 3.36. The van der Waals surface area contributed by atoms with Crippen molar-refractivity contribution in [2.24, 2.45) is 0 Å². The average molecular weight is 219 g/mol. The molecule has 0 bridgehead atoms. The molecule has 1 N–H and O–H groups in total. The van der Waals surface area contributed by atoms with Gasteiger partial charge in [-0.25, -0.2) is 0 Å². The predicted molar refractivity (Wildman–Crippen MR) is 68.2 cm³/mol. The minimum atomic E-state index is 0.541. The lowest BCUT2D eigenvalue weighted by atomic mass is 10.2. The molecule has 0 heterocycles. The average Bonchev–Trinajstić information content (AvgIpc) is 2.22. The Labute approximate surface area is 96.7 Å². The maximum atomic E-state index is 5.17. The summed E-state index contributed by atoms with van der Waals surface area (Å²) in [5.74, 6) is 2.58. The molecule has 15 heavy (non-hydrogen) atoms. The Kier molecular flexibility index (Phi) is 5.31. The van der Waals surface area contributed by atoms with Crippen LogP contribution in [0.1, 0.15) is 12.5 Å². The first-order valence-corrected chi connectivity index (χ1v) is 5.98. The zero-order valence-electron chi connectivity index (χ0n) is 9.29. The molecule has 2 heteroatoms. The van der Waals surface area contributed by atoms with Gasteiger partial charge in [0.1, 0.15) is 0 Å². The summed E-state index contributed by atoms with van der Waals surface area (Å²) in [5.41, 5.74) is 1.34. The molecule has 0 fully saturated rings. The second-order valence-corrected chi connectivity index (χ2v) is 5.01. The van der Waals surface area contributed by atoms with Gasteiger partial charge in [-0.3, -0.25) is 0 Å². The molecule has 1 aromatic carbocycles. The smallest absolute Gasteiger partial charge is 0.0574 e. The van der Waals surface area contributed by atoms with Gasteiger partial charge in [-0.1, -0.05) is 31.0 Å². The maximum absolute atomic E-state index is 5.17. The van der Waals surface area contributed by atoms with Gasteiger partial charge >= 0.3 is 0 Å². The molecule has 1 unspecified atom stereocenters. The lowest BCUT2D eigenvalue weighted by Crippen LogP contribution is -2.22. The van der Waals surface area contributed by atoms with Crippen LogP contribution in [0.25, 0.3) is 0 Å². The first-order valence-electron chi connectivity index (χ1n) is 5.10. The van der Waals surface area contributed by atoms with Crippen LogP contribution in [0.3, 0.4) is 0 Å². The highest BCUT2D eigenvalue weighted by Gasteiger charge is 2.05. The van der Waals surface area contributed by atoms with E-state index in [-0.39, 0.29) is 0 Å². The molecule has 1 nitrogen and oxygen atoms in total. The topological polar surface area (TPSA) is 12.0 Å². The molecule has 1 aromatic rings. The van der Waals surface area contributed by atoms with E-state index in [1.807, 2.05) is 11.8 Å². The number of rotatable bonds is 5. The third-order valence-electron chi connectivity index (χ3n) is 2.08. The van der Waals surface area contributed by atoms with Gasteiger partial charge < -0.3 is 5.32 Å². The van der Waals surface area contributed by atoms with Crippen LogP contribution < -0.4 is 5.32 Å². The highest BCUT2D eigenvalue weighted by Crippen LogP contribution is 2.25. The molecule has 0 saturated carbocycles. The van der Waals surface area contributed by atoms with Gasteiger partial charge in [0.2, 0.25) is 0 Å². The van der Waals surface area contributed by atoms with Crippen molar-refractivity contribution in [1.82, 2.24) is 5.32 Å². The van der Waals surface area contributed by atoms with Crippen molar-refractivity contribution in [3.63, 3.8) is 0 Å². The van der Waals surface area contributed by atoms with E-state index in [9.17, 15) is 0 Å². The number of hydrogen-bond donors (Lipinski definition) is 1. The maximum Gasteiger partial charge on any atom is 0.0574 e. The molecular formula is C13H17NS. The number of thioether (sulfide) groups is 1. The summed E-state index contributed by atoms with van der Waals surface area (Å²) in [6.07, 6.45) is 5.17. The Bertz CT molecular complexity index is 341. The molecule has 0 spiro atoms. The summed E-state index contributed by atoms with van der Waals surface area (Å²) in [5, 5.41) is 3.76. The van der Waals surface area contributed by atoms with E-state index in [1.54, 1.807) is 0 Å². The Morgan fingerprint density at radius 3 is 2.87 bits per heavy atom. The van der Waals surface area contributed by atoms with Gasteiger partial charge in [0.25, 0.3) is 0 Å². The minimum absolute atomic E-state index is 0.541. The largest absolute Gasteiger partial charge is 0.305 e. The van der Waals surface area contributed by atoms with Gasteiger partial charge in [-0.2, -0.15) is 0 Å². The van der Waals surface area contributed by atoms with Crippen molar-refractivity contribution in [1.29, 1.82) is 0 Å². The van der Waals surface area contributed by atoms with E-state index in [0.29, 0.717) is 11.8 Å². The van der Waals surface area contributed by atoms with Crippen LogP contribution in [0.2, 0.25) is 0 Å². The van der Waals surface area contributed by atoms with Crippen molar-refractivity contribution >= 4 is 11.8 Å². The van der Waals surface area contributed by atoms with E-state index in [4.69, 9.17) is 6.42 Å². The number of terminal acetylenes is 1. The quantitative estimate of drug-likeness (QED) is 0.464. The van der Waals surface area contributed by atoms with E-state index < -0.39 is 0 Å². The molecule has 1 rings (SSSR count). The fourth-order valence-corrected chi connectivity index (χ4v) is 2.34. The lowest BCUT2D eigenvalue weighted by Gasteiger charge is -2.12. The lowest BCUT2D eigenvalue weighted by molar-refractivity contribution is 0.748. The van der Waals surface area contributed by atoms with E-state index in [2.05, 4.69) is 49.4 Å². The van der Waals surface area contributed by atoms with Crippen LogP contribution in [-0.2, 0) is 0 Å². The van der Waals surface area contributed by atoms with Crippen LogP contribution in [-0.4, -0.2) is 18.3 Å². The zero-order chi connectivity index (χ0) is 11.1. The van der Waals surface area contributed by atoms with Gasteiger partial charge in [-0.05, 0) is 18.6 Å². The minimum Gasteiger partial charge on any atom is -0.305 e. The molecule has 0 aliphatic carbocycles. The predicted octanol–water partition coefficient (Wildman–Crippen LogP) is 2.70. The Balaban J connectivity index is 2.41. The van der Waals surface area contributed by atoms with Crippen molar-refractivity contribution in [2.75, 3.05) is 13.1 Å². The summed E-state index contributed by atoms with van der Waals surface area (Å²) >= 11 is 1.89. The summed E-state index contributed by atoms with van der Waals surface area (Å²) in [4.78, 5) is 1.35. The van der Waals surface area contributed by atoms with Crippen LogP contribution in [0.5, 0.6) is 0 Å². The van der Waals surface area contributed by atoms with Crippen LogP contribution in [0.15, 0.2) is 29.2 Å². The van der Waals surface area contributed by atoms with Crippen molar-refractivity contribution < 1.29 is 0 Å². The highest BCUT2D eigenvalue weighted by molar-refractivity contribution is 8.00. The molecule has 1 atom stereocenters. The molecule has 80 valence electrons. The first-order chi connectivity index (χ1) is 7.24. The van der Waals surface area contributed by atoms with Crippen molar-refractivity contribution in [2.45, 2.75) is 24.0 Å². The van der Waals surface area contributed by atoms with E-state index in [1.165, 1.54) is 10.5 Å². The SMILES string of the molecule is C#CCNCC(C)Sc1ccccc1C. The Hall–Kier alpha value is -0.910. The van der Waals surface area contributed by atoms with Crippen LogP contribution in [0, 0.1) is 19.3 Å². The first kappa shape index (κ1) is 12.2. The van der Waals surface area contributed by atoms with Gasteiger partial charge in [0, 0.05) is 16.7 Å². The summed E-state index contributed by atoms with van der Waals surface area (Å²) in [6.45, 7) is 5.95. The molecule has 0 aromatic heterocycles. The number of nitrogens with one attached hydrogen (secondary N) is 1. The fraction of sp³-hybridized carbons (Fsp3) is 0.385. The molecule has 0 radical (unpaired) electrons. The normalized spacial score (nSPS) is 12.1. The summed E-state index contributed by atoms with van der Waals surface area (Å²) < 4.78 is 0. The molecule has 0 aliphatic rings. The van der Waals surface area contributed by atoms with Gasteiger partial charge in [0.15, 0.2) is 0 Å². The standard InChI is InChI=1S/C13H17NS/c1-4-9-14-10-12(3)15-13-8-6-5-7-11(13)2/h1,5-8,12,14H,9-10H2,2-3H3. The third kappa shape index (κ3) is 4.42. The second-order valence-electron chi connectivity index (χ2n) is 3.53. The van der Waals surface area contributed by atoms with E-state index in [0.717, 1.165) is 6.54 Å². The fourth-order valence-electron chi connectivity index (χ4n) is 1.29. The second kappa shape index (κ2) is 6.55. The molecular weight excluding hydrogens is 202 g/mol. The molecule has 0 saturated heterocycles. The van der Waals surface area contributed by atoms with Gasteiger partial charge in [0.05, 0.1) is 6.54 Å². The Morgan fingerprint density at radius 1 is 1.47 bits per heavy atom. The van der Waals surface area contributed by atoms with Crippen molar-refractivity contribution in [3.05, 3.63) is 29.8 Å². The van der Waals surface area contributed by atoms with Gasteiger partial charge in [-0.15, -0.1) is 18.2 Å². The monoisotopic (exact) mass is 219 g/mol. The zero-order valence-corrected chi connectivity index (χ0v) is 10.1. The summed E-state index contributed by atoms with van der Waals surface area (Å²) in [7, 11) is 0. The molecule has 0 aliphatic heterocycles. The number of hydrogen-bond acceptors (Lipinski definition) is 2. The number of aryl methyl sites for hydroxylation is 1. The number of benzene rings is 1. The molecule has 0 amide bonds. The highest BCUT2D eigenvalue weighted by atomic mass is 32.2. The van der Waals surface area contributed by atoms with Crippen molar-refractivity contribution in [3.8, 4) is 12.3 Å². The summed E-state index contributed by atoms with van der Waals surface area (Å²) in [6, 6.07) is 8.46.